The van der Waals surface area contributed by atoms with Crippen LogP contribution in [0.3, 0.4) is 0 Å². The predicted molar refractivity (Wildman–Crippen MR) is 92.3 cm³/mol. The van der Waals surface area contributed by atoms with Gasteiger partial charge in [-0.3, -0.25) is 0 Å². The van der Waals surface area contributed by atoms with Gasteiger partial charge in [-0.15, -0.1) is 0 Å². The van der Waals surface area contributed by atoms with Gasteiger partial charge in [0.1, 0.15) is 49.3 Å². The topological polar surface area (TPSA) is 146 Å². The highest BCUT2D eigenvalue weighted by atomic mass is 16.8. The van der Waals surface area contributed by atoms with Crippen LogP contribution in [0, 0.1) is 0 Å². The first-order valence-corrected chi connectivity index (χ1v) is 9.77. The van der Waals surface area contributed by atoms with Gasteiger partial charge in [-0.2, -0.15) is 0 Å². The van der Waals surface area contributed by atoms with Crippen molar-refractivity contribution in [3.8, 4) is 0 Å². The van der Waals surface area contributed by atoms with Crippen LogP contribution in [0.2, 0.25) is 0 Å². The van der Waals surface area contributed by atoms with E-state index in [-0.39, 0.29) is 13.2 Å². The lowest BCUT2D eigenvalue weighted by Crippen LogP contribution is -2.69. The molecule has 4 saturated heterocycles. The highest BCUT2D eigenvalue weighted by molar-refractivity contribution is 5.01. The van der Waals surface area contributed by atoms with Crippen molar-refractivity contribution in [2.24, 2.45) is 0 Å². The molecule has 0 aliphatic carbocycles. The standard InChI is InChI=1S/C18H30O11/c1-16(2)23-6-9-12(27-16)11(21)13-15(25-9)29-18(7-24-17(3,4)28-13)14(22)10(20)8(5-19)26-18/h8-15,19-22H,5-7H2,1-4H3/t8-,9-,10-,11+,12-,13-,14+,15-,18+/m1/s1. The minimum Gasteiger partial charge on any atom is -0.394 e. The summed E-state index contributed by atoms with van der Waals surface area (Å²) < 4.78 is 40.7. The molecule has 0 bridgehead atoms. The first kappa shape index (κ1) is 21.8. The van der Waals surface area contributed by atoms with Gasteiger partial charge in [0.05, 0.1) is 13.2 Å². The Kier molecular flexibility index (Phi) is 5.49. The molecule has 11 nitrogen and oxygen atoms in total. The number of fused-ring (bicyclic) bond motifs is 2. The summed E-state index contributed by atoms with van der Waals surface area (Å²) >= 11 is 0. The highest BCUT2D eigenvalue weighted by Gasteiger charge is 2.62. The number of hydrogen-bond acceptors (Lipinski definition) is 11. The van der Waals surface area contributed by atoms with E-state index < -0.39 is 73.0 Å². The fourth-order valence-electron chi connectivity index (χ4n) is 4.13. The molecular weight excluding hydrogens is 392 g/mol. The molecule has 0 aromatic carbocycles. The fourth-order valence-corrected chi connectivity index (χ4v) is 4.13. The first-order valence-electron chi connectivity index (χ1n) is 9.77. The van der Waals surface area contributed by atoms with Crippen LogP contribution in [0.15, 0.2) is 0 Å². The molecular formula is C18H30O11. The maximum Gasteiger partial charge on any atom is 0.224 e. The van der Waals surface area contributed by atoms with E-state index in [4.69, 9.17) is 33.2 Å². The van der Waals surface area contributed by atoms with Crippen LogP contribution >= 0.6 is 0 Å². The normalized spacial score (nSPS) is 51.7. The van der Waals surface area contributed by atoms with Crippen LogP contribution < -0.4 is 0 Å². The lowest BCUT2D eigenvalue weighted by molar-refractivity contribution is -0.454. The Labute approximate surface area is 168 Å². The molecule has 0 unspecified atom stereocenters. The molecule has 4 fully saturated rings. The second-order valence-corrected chi connectivity index (χ2v) is 8.80. The van der Waals surface area contributed by atoms with Gasteiger partial charge in [0.25, 0.3) is 0 Å². The first-order chi connectivity index (χ1) is 13.5. The van der Waals surface area contributed by atoms with E-state index in [2.05, 4.69) is 0 Å². The monoisotopic (exact) mass is 422 g/mol. The summed E-state index contributed by atoms with van der Waals surface area (Å²) in [7, 11) is 0. The Morgan fingerprint density at radius 2 is 1.48 bits per heavy atom. The minimum absolute atomic E-state index is 0.152. The molecule has 0 saturated carbocycles. The molecule has 1 spiro atoms. The molecule has 29 heavy (non-hydrogen) atoms. The smallest absolute Gasteiger partial charge is 0.224 e. The van der Waals surface area contributed by atoms with Crippen molar-refractivity contribution >= 4 is 0 Å². The van der Waals surface area contributed by atoms with Crippen molar-refractivity contribution in [3.05, 3.63) is 0 Å². The Morgan fingerprint density at radius 3 is 2.14 bits per heavy atom. The minimum atomic E-state index is -1.82. The largest absolute Gasteiger partial charge is 0.394 e. The maximum atomic E-state index is 11.0. The van der Waals surface area contributed by atoms with Crippen molar-refractivity contribution in [2.45, 2.75) is 94.1 Å². The van der Waals surface area contributed by atoms with Crippen LogP contribution in [-0.4, -0.2) is 107 Å². The van der Waals surface area contributed by atoms with E-state index in [1.807, 2.05) is 0 Å². The fraction of sp³-hybridized carbons (Fsp3) is 1.00. The summed E-state index contributed by atoms with van der Waals surface area (Å²) in [6.45, 7) is 6.07. The second kappa shape index (κ2) is 7.31. The van der Waals surface area contributed by atoms with Crippen LogP contribution in [-0.2, 0) is 33.2 Å². The summed E-state index contributed by atoms with van der Waals surface area (Å²) in [5.74, 6) is -3.93. The van der Waals surface area contributed by atoms with E-state index in [0.29, 0.717) is 0 Å². The van der Waals surface area contributed by atoms with Crippen LogP contribution in [0.25, 0.3) is 0 Å². The van der Waals surface area contributed by atoms with Crippen molar-refractivity contribution < 1.29 is 53.6 Å². The summed E-state index contributed by atoms with van der Waals surface area (Å²) in [4.78, 5) is 0. The number of aliphatic hydroxyl groups is 4. The van der Waals surface area contributed by atoms with Gasteiger partial charge in [0.15, 0.2) is 17.9 Å². The summed E-state index contributed by atoms with van der Waals surface area (Å²) in [6.07, 6.45) is -8.75. The molecule has 4 aliphatic rings. The zero-order chi connectivity index (χ0) is 21.2. The van der Waals surface area contributed by atoms with E-state index in [1.165, 1.54) is 0 Å². The molecule has 4 heterocycles. The third-order valence-corrected chi connectivity index (χ3v) is 5.67. The summed E-state index contributed by atoms with van der Waals surface area (Å²) in [6, 6.07) is 0. The summed E-state index contributed by atoms with van der Waals surface area (Å²) in [5, 5.41) is 41.3. The lowest BCUT2D eigenvalue weighted by Gasteiger charge is -2.53. The highest BCUT2D eigenvalue weighted by Crippen LogP contribution is 2.42. The SMILES string of the molecule is CC1(C)OC[C@@]2(O[C@H]3O[C@@H]4COC(C)(C)O[C@H]4[C@H](O)[C@H]3O1)O[C@H](CO)[C@@H](O)[C@@H]2O. The average molecular weight is 422 g/mol. The van der Waals surface area contributed by atoms with Crippen molar-refractivity contribution in [1.82, 2.24) is 0 Å². The number of hydrogen-bond donors (Lipinski definition) is 4. The van der Waals surface area contributed by atoms with E-state index in [0.717, 1.165) is 0 Å². The van der Waals surface area contributed by atoms with E-state index >= 15 is 0 Å². The van der Waals surface area contributed by atoms with Crippen molar-refractivity contribution in [1.29, 1.82) is 0 Å². The predicted octanol–water partition coefficient (Wildman–Crippen LogP) is -1.80. The third kappa shape index (κ3) is 3.83. The van der Waals surface area contributed by atoms with Gasteiger partial charge in [0, 0.05) is 0 Å². The molecule has 11 heteroatoms. The quantitative estimate of drug-likeness (QED) is 0.380. The van der Waals surface area contributed by atoms with E-state index in [1.54, 1.807) is 27.7 Å². The number of rotatable bonds is 1. The molecule has 0 amide bonds. The molecule has 0 aromatic rings. The van der Waals surface area contributed by atoms with E-state index in [9.17, 15) is 20.4 Å². The van der Waals surface area contributed by atoms with Crippen LogP contribution in [0.5, 0.6) is 0 Å². The number of aliphatic hydroxyl groups excluding tert-OH is 4. The zero-order valence-corrected chi connectivity index (χ0v) is 16.9. The molecule has 168 valence electrons. The summed E-state index contributed by atoms with van der Waals surface area (Å²) in [5.41, 5.74) is 0. The van der Waals surface area contributed by atoms with Gasteiger partial charge in [-0.25, -0.2) is 0 Å². The molecule has 4 N–H and O–H groups in total. The van der Waals surface area contributed by atoms with Crippen molar-refractivity contribution in [3.63, 3.8) is 0 Å². The Morgan fingerprint density at radius 1 is 0.828 bits per heavy atom. The molecule has 0 aromatic heterocycles. The van der Waals surface area contributed by atoms with Gasteiger partial charge in [0.2, 0.25) is 5.79 Å². The third-order valence-electron chi connectivity index (χ3n) is 5.67. The Hall–Kier alpha value is -0.440. The Balaban J connectivity index is 1.64. The van der Waals surface area contributed by atoms with Gasteiger partial charge < -0.3 is 53.6 Å². The van der Waals surface area contributed by atoms with Gasteiger partial charge in [-0.05, 0) is 27.7 Å². The van der Waals surface area contributed by atoms with Crippen LogP contribution in [0.1, 0.15) is 27.7 Å². The molecule has 0 radical (unpaired) electrons. The van der Waals surface area contributed by atoms with Crippen LogP contribution in [0.4, 0.5) is 0 Å². The van der Waals surface area contributed by atoms with Gasteiger partial charge >= 0.3 is 0 Å². The van der Waals surface area contributed by atoms with Crippen molar-refractivity contribution in [2.75, 3.05) is 19.8 Å². The maximum absolute atomic E-state index is 11.0. The zero-order valence-electron chi connectivity index (χ0n) is 16.9. The molecule has 4 aliphatic heterocycles. The molecule has 9 atom stereocenters. The van der Waals surface area contributed by atoms with Gasteiger partial charge in [-0.1, -0.05) is 0 Å². The number of ether oxygens (including phenoxy) is 7. The molecule has 4 rings (SSSR count). The Bertz CT molecular complexity index is 613. The lowest BCUT2D eigenvalue weighted by atomic mass is 9.96. The second-order valence-electron chi connectivity index (χ2n) is 8.80. The average Bonchev–Trinajstić information content (AvgIpc) is 2.88.